The minimum Gasteiger partial charge on any atom is -0.481 e. The highest BCUT2D eigenvalue weighted by Gasteiger charge is 2.07. The van der Waals surface area contributed by atoms with Crippen LogP contribution >= 0.6 is 0 Å². The molecule has 0 aliphatic rings. The van der Waals surface area contributed by atoms with Gasteiger partial charge in [-0.3, -0.25) is 4.79 Å². The summed E-state index contributed by atoms with van der Waals surface area (Å²) in [6, 6.07) is 0. The van der Waals surface area contributed by atoms with Crippen molar-refractivity contribution in [1.82, 2.24) is 9.55 Å². The third-order valence-corrected chi connectivity index (χ3v) is 1.85. The minimum atomic E-state index is -0.841. The fourth-order valence-corrected chi connectivity index (χ4v) is 1.12. The molecule has 0 aromatic carbocycles. The van der Waals surface area contributed by atoms with E-state index in [1.807, 2.05) is 18.5 Å². The van der Waals surface area contributed by atoms with Crippen LogP contribution in [0.3, 0.4) is 0 Å². The Morgan fingerprint density at radius 2 is 2.42 bits per heavy atom. The summed E-state index contributed by atoms with van der Waals surface area (Å²) in [5.41, 5.74) is 1.06. The molecule has 0 fully saturated rings. The molecule has 1 N–H and O–H groups in total. The van der Waals surface area contributed by atoms with E-state index in [4.69, 9.17) is 5.11 Å². The van der Waals surface area contributed by atoms with E-state index in [0.717, 1.165) is 12.1 Å². The smallest absolute Gasteiger partial charge is 0.311 e. The van der Waals surface area contributed by atoms with Gasteiger partial charge in [-0.15, -0.1) is 0 Å². The summed E-state index contributed by atoms with van der Waals surface area (Å²) in [7, 11) is 1.84. The second kappa shape index (κ2) is 3.38. The minimum absolute atomic E-state index is 0.00347. The Balaban J connectivity index is 2.87. The van der Waals surface area contributed by atoms with E-state index in [0.29, 0.717) is 5.82 Å². The van der Waals surface area contributed by atoms with Gasteiger partial charge in [0.05, 0.1) is 0 Å². The summed E-state index contributed by atoms with van der Waals surface area (Å²) in [4.78, 5) is 14.4. The molecule has 0 atom stereocenters. The van der Waals surface area contributed by atoms with Gasteiger partial charge in [0, 0.05) is 18.9 Å². The third-order valence-electron chi connectivity index (χ3n) is 1.85. The molecular formula is C8H12N2O2. The topological polar surface area (TPSA) is 55.1 Å². The maximum absolute atomic E-state index is 10.4. The molecule has 1 rings (SSSR count). The molecule has 0 amide bonds. The molecular weight excluding hydrogens is 156 g/mol. The summed E-state index contributed by atoms with van der Waals surface area (Å²) >= 11 is 0. The van der Waals surface area contributed by atoms with Gasteiger partial charge < -0.3 is 9.67 Å². The van der Waals surface area contributed by atoms with Crippen LogP contribution in [0.5, 0.6) is 0 Å². The largest absolute Gasteiger partial charge is 0.481 e. The first-order valence-corrected chi connectivity index (χ1v) is 3.86. The number of nitrogens with zero attached hydrogens (tertiary/aromatic N) is 2. The van der Waals surface area contributed by atoms with Crippen LogP contribution in [0.4, 0.5) is 0 Å². The van der Waals surface area contributed by atoms with Crippen molar-refractivity contribution in [2.45, 2.75) is 19.8 Å². The highest BCUT2D eigenvalue weighted by molar-refractivity contribution is 5.69. The predicted molar refractivity (Wildman–Crippen MR) is 43.9 cm³/mol. The Labute approximate surface area is 70.9 Å². The zero-order valence-electron chi connectivity index (χ0n) is 7.24. The Morgan fingerprint density at radius 1 is 1.75 bits per heavy atom. The average molecular weight is 168 g/mol. The molecule has 66 valence electrons. The van der Waals surface area contributed by atoms with E-state index in [-0.39, 0.29) is 6.42 Å². The van der Waals surface area contributed by atoms with Crippen molar-refractivity contribution in [3.8, 4) is 0 Å². The predicted octanol–water partition coefficient (Wildman–Crippen LogP) is 0.610. The molecule has 0 aliphatic heterocycles. The maximum Gasteiger partial charge on any atom is 0.311 e. The Morgan fingerprint density at radius 3 is 2.83 bits per heavy atom. The van der Waals surface area contributed by atoms with Gasteiger partial charge in [0.1, 0.15) is 12.2 Å². The van der Waals surface area contributed by atoms with Gasteiger partial charge in [0.15, 0.2) is 0 Å². The molecule has 0 bridgehead atoms. The van der Waals surface area contributed by atoms with Crippen LogP contribution in [-0.4, -0.2) is 20.6 Å². The molecule has 4 heteroatoms. The fraction of sp³-hybridized carbons (Fsp3) is 0.500. The van der Waals surface area contributed by atoms with Crippen LogP contribution in [0.15, 0.2) is 6.20 Å². The molecule has 0 aliphatic carbocycles. The number of carboxylic acid groups (broad SMARTS) is 1. The van der Waals surface area contributed by atoms with Crippen molar-refractivity contribution in [3.05, 3.63) is 17.7 Å². The first-order chi connectivity index (χ1) is 5.65. The van der Waals surface area contributed by atoms with Crippen molar-refractivity contribution in [2.24, 2.45) is 7.05 Å². The van der Waals surface area contributed by atoms with Gasteiger partial charge in [-0.25, -0.2) is 4.98 Å². The fourth-order valence-electron chi connectivity index (χ4n) is 1.12. The quantitative estimate of drug-likeness (QED) is 0.719. The maximum atomic E-state index is 10.4. The van der Waals surface area contributed by atoms with Crippen LogP contribution in [-0.2, 0) is 24.7 Å². The number of aromatic nitrogens is 2. The Kier molecular flexibility index (Phi) is 2.47. The monoisotopic (exact) mass is 168 g/mol. The van der Waals surface area contributed by atoms with E-state index in [1.165, 1.54) is 0 Å². The number of hydrogen-bond donors (Lipinski definition) is 1. The van der Waals surface area contributed by atoms with Gasteiger partial charge in [-0.2, -0.15) is 0 Å². The number of rotatable bonds is 3. The summed E-state index contributed by atoms with van der Waals surface area (Å²) in [5, 5.41) is 8.52. The van der Waals surface area contributed by atoms with Crippen LogP contribution in [0.2, 0.25) is 0 Å². The molecule has 1 heterocycles. The second-order valence-electron chi connectivity index (χ2n) is 2.65. The average Bonchev–Trinajstić information content (AvgIpc) is 2.32. The van der Waals surface area contributed by atoms with Crippen LogP contribution in [0.25, 0.3) is 0 Å². The highest BCUT2D eigenvalue weighted by Crippen LogP contribution is 2.03. The third kappa shape index (κ3) is 1.64. The lowest BCUT2D eigenvalue weighted by Crippen LogP contribution is -2.07. The molecule has 0 saturated carbocycles. The Hall–Kier alpha value is -1.32. The zero-order valence-corrected chi connectivity index (χ0v) is 7.24. The van der Waals surface area contributed by atoms with E-state index < -0.39 is 5.97 Å². The molecule has 1 aromatic heterocycles. The lowest BCUT2D eigenvalue weighted by atomic mass is 10.3. The van der Waals surface area contributed by atoms with Crippen molar-refractivity contribution in [1.29, 1.82) is 0 Å². The van der Waals surface area contributed by atoms with Crippen LogP contribution in [0, 0.1) is 0 Å². The number of carbonyl (C=O) groups is 1. The summed E-state index contributed by atoms with van der Waals surface area (Å²) in [6.45, 7) is 2.02. The number of aryl methyl sites for hydroxylation is 1. The van der Waals surface area contributed by atoms with Crippen LogP contribution in [0.1, 0.15) is 18.4 Å². The molecule has 12 heavy (non-hydrogen) atoms. The molecule has 0 saturated heterocycles. The van der Waals surface area contributed by atoms with E-state index in [2.05, 4.69) is 4.98 Å². The Bertz CT molecular complexity index is 291. The molecule has 4 nitrogen and oxygen atoms in total. The van der Waals surface area contributed by atoms with E-state index in [9.17, 15) is 4.79 Å². The first-order valence-electron chi connectivity index (χ1n) is 3.86. The van der Waals surface area contributed by atoms with Gasteiger partial charge in [0.2, 0.25) is 0 Å². The van der Waals surface area contributed by atoms with Crippen molar-refractivity contribution in [2.75, 3.05) is 0 Å². The number of carboxylic acids is 1. The van der Waals surface area contributed by atoms with Crippen molar-refractivity contribution < 1.29 is 9.90 Å². The summed E-state index contributed by atoms with van der Waals surface area (Å²) in [6.07, 6.45) is 2.60. The van der Waals surface area contributed by atoms with Gasteiger partial charge in [-0.1, -0.05) is 6.92 Å². The molecule has 0 spiro atoms. The van der Waals surface area contributed by atoms with Crippen molar-refractivity contribution >= 4 is 5.97 Å². The van der Waals surface area contributed by atoms with Crippen molar-refractivity contribution in [3.63, 3.8) is 0 Å². The zero-order chi connectivity index (χ0) is 9.14. The standard InChI is InChI=1S/C8H12N2O2/c1-3-6-5-9-7(10(6)2)4-8(11)12/h5H,3-4H2,1-2H3,(H,11,12). The van der Waals surface area contributed by atoms with E-state index in [1.54, 1.807) is 6.20 Å². The van der Waals surface area contributed by atoms with Crippen LogP contribution < -0.4 is 0 Å². The number of aliphatic carboxylic acids is 1. The van der Waals surface area contributed by atoms with Gasteiger partial charge >= 0.3 is 5.97 Å². The highest BCUT2D eigenvalue weighted by atomic mass is 16.4. The lowest BCUT2D eigenvalue weighted by molar-refractivity contribution is -0.136. The van der Waals surface area contributed by atoms with Gasteiger partial charge in [0.25, 0.3) is 0 Å². The SMILES string of the molecule is CCc1cnc(CC(=O)O)n1C. The van der Waals surface area contributed by atoms with E-state index >= 15 is 0 Å². The molecule has 0 radical (unpaired) electrons. The second-order valence-corrected chi connectivity index (χ2v) is 2.65. The molecule has 0 unspecified atom stereocenters. The summed E-state index contributed by atoms with van der Waals surface area (Å²) in [5.74, 6) is -0.231. The molecule has 1 aromatic rings. The summed E-state index contributed by atoms with van der Waals surface area (Å²) < 4.78 is 1.83. The number of imidazole rings is 1. The van der Waals surface area contributed by atoms with Gasteiger partial charge in [-0.05, 0) is 6.42 Å². The lowest BCUT2D eigenvalue weighted by Gasteiger charge is -2.00. The normalized spacial score (nSPS) is 10.2. The first kappa shape index (κ1) is 8.77. The number of hydrogen-bond acceptors (Lipinski definition) is 2.